The Morgan fingerprint density at radius 2 is 1.30 bits per heavy atom. The molecule has 2 aromatic rings. The number of esters is 2. The van der Waals surface area contributed by atoms with E-state index < -0.39 is 35.6 Å². The molecule has 0 aliphatic rings. The minimum Gasteiger partial charge on any atom is -0.465 e. The molecule has 1 atom stereocenters. The fourth-order valence-corrected chi connectivity index (χ4v) is 3.40. The van der Waals surface area contributed by atoms with Crippen molar-refractivity contribution in [2.45, 2.75) is 52.8 Å². The van der Waals surface area contributed by atoms with Gasteiger partial charge in [0.1, 0.15) is 5.60 Å². The van der Waals surface area contributed by atoms with Crippen LogP contribution in [-0.2, 0) is 30.3 Å². The van der Waals surface area contributed by atoms with Crippen LogP contribution >= 0.6 is 0 Å². The first kappa shape index (κ1) is 25.9. The lowest BCUT2D eigenvalue weighted by molar-refractivity contribution is -0.165. The van der Waals surface area contributed by atoms with Gasteiger partial charge in [-0.25, -0.2) is 4.79 Å². The average molecular weight is 456 g/mol. The van der Waals surface area contributed by atoms with E-state index in [1.807, 2.05) is 36.4 Å². The van der Waals surface area contributed by atoms with Gasteiger partial charge in [-0.2, -0.15) is 0 Å². The first-order valence-electron chi connectivity index (χ1n) is 11.1. The molecule has 33 heavy (non-hydrogen) atoms. The van der Waals surface area contributed by atoms with E-state index >= 15 is 0 Å². The van der Waals surface area contributed by atoms with E-state index in [1.54, 1.807) is 58.9 Å². The summed E-state index contributed by atoms with van der Waals surface area (Å²) in [5, 5.41) is 0. The van der Waals surface area contributed by atoms with Crippen molar-refractivity contribution in [3.05, 3.63) is 71.8 Å². The zero-order chi connectivity index (χ0) is 24.4. The van der Waals surface area contributed by atoms with Crippen LogP contribution < -0.4 is 0 Å². The third kappa shape index (κ3) is 7.63. The molecule has 7 heteroatoms. The van der Waals surface area contributed by atoms with E-state index in [1.165, 1.54) is 4.90 Å². The minimum absolute atomic E-state index is 0.0847. The Bertz CT molecular complexity index is 889. The molecule has 7 nitrogen and oxygen atoms in total. The Hall–Kier alpha value is -3.35. The first-order chi connectivity index (χ1) is 15.7. The van der Waals surface area contributed by atoms with E-state index in [-0.39, 0.29) is 19.8 Å². The van der Waals surface area contributed by atoms with Crippen molar-refractivity contribution in [1.29, 1.82) is 0 Å². The summed E-state index contributed by atoms with van der Waals surface area (Å²) >= 11 is 0. The second-order valence-electron chi connectivity index (χ2n) is 8.43. The highest BCUT2D eigenvalue weighted by Gasteiger charge is 2.44. The highest BCUT2D eigenvalue weighted by molar-refractivity contribution is 5.96. The van der Waals surface area contributed by atoms with Gasteiger partial charge in [0.05, 0.1) is 19.3 Å². The lowest BCUT2D eigenvalue weighted by Crippen LogP contribution is -2.46. The number of nitrogens with zero attached hydrogens (tertiary/aromatic N) is 1. The van der Waals surface area contributed by atoms with Gasteiger partial charge in [0.15, 0.2) is 5.92 Å². The number of amides is 1. The molecule has 2 aromatic carbocycles. The zero-order valence-electron chi connectivity index (χ0n) is 19.9. The van der Waals surface area contributed by atoms with Gasteiger partial charge in [0.25, 0.3) is 0 Å². The Morgan fingerprint density at radius 1 is 0.818 bits per heavy atom. The molecule has 0 radical (unpaired) electrons. The van der Waals surface area contributed by atoms with Gasteiger partial charge in [0.2, 0.25) is 0 Å². The maximum atomic E-state index is 13.4. The molecular weight excluding hydrogens is 422 g/mol. The molecule has 0 saturated heterocycles. The van der Waals surface area contributed by atoms with Crippen molar-refractivity contribution < 1.29 is 28.6 Å². The Morgan fingerprint density at radius 3 is 1.76 bits per heavy atom. The summed E-state index contributed by atoms with van der Waals surface area (Å²) in [5.74, 6) is -2.90. The maximum absolute atomic E-state index is 13.4. The summed E-state index contributed by atoms with van der Waals surface area (Å²) in [7, 11) is 0. The summed E-state index contributed by atoms with van der Waals surface area (Å²) in [6, 6.07) is 17.2. The molecule has 0 aromatic heterocycles. The van der Waals surface area contributed by atoms with Crippen LogP contribution in [0.25, 0.3) is 0 Å². The summed E-state index contributed by atoms with van der Waals surface area (Å²) in [5.41, 5.74) is 0.623. The normalized spacial score (nSPS) is 12.1. The van der Waals surface area contributed by atoms with Gasteiger partial charge in [0, 0.05) is 6.54 Å². The third-order valence-corrected chi connectivity index (χ3v) is 4.70. The highest BCUT2D eigenvalue weighted by Crippen LogP contribution is 2.34. The number of rotatable bonds is 9. The lowest BCUT2D eigenvalue weighted by Gasteiger charge is -2.36. The number of carbonyl (C=O) groups excluding carboxylic acids is 3. The average Bonchev–Trinajstić information content (AvgIpc) is 2.76. The van der Waals surface area contributed by atoms with Gasteiger partial charge in [-0.3, -0.25) is 14.5 Å². The maximum Gasteiger partial charge on any atom is 0.411 e. The van der Waals surface area contributed by atoms with Gasteiger partial charge in [-0.15, -0.1) is 0 Å². The van der Waals surface area contributed by atoms with Crippen LogP contribution in [0, 0.1) is 5.92 Å². The highest BCUT2D eigenvalue weighted by atomic mass is 16.6. The smallest absolute Gasteiger partial charge is 0.411 e. The van der Waals surface area contributed by atoms with Gasteiger partial charge < -0.3 is 14.2 Å². The molecule has 1 unspecified atom stereocenters. The van der Waals surface area contributed by atoms with Crippen molar-refractivity contribution in [3.63, 3.8) is 0 Å². The molecule has 0 N–H and O–H groups in total. The van der Waals surface area contributed by atoms with Crippen LogP contribution in [0.15, 0.2) is 60.7 Å². The van der Waals surface area contributed by atoms with E-state index in [2.05, 4.69) is 0 Å². The largest absolute Gasteiger partial charge is 0.465 e. The van der Waals surface area contributed by atoms with Crippen LogP contribution in [-0.4, -0.2) is 41.7 Å². The second kappa shape index (κ2) is 12.0. The molecule has 0 aliphatic heterocycles. The van der Waals surface area contributed by atoms with Crippen molar-refractivity contribution in [2.24, 2.45) is 5.92 Å². The molecule has 2 rings (SSSR count). The summed E-state index contributed by atoms with van der Waals surface area (Å²) in [4.78, 5) is 40.9. The number of ether oxygens (including phenoxy) is 3. The topological polar surface area (TPSA) is 82.1 Å². The summed E-state index contributed by atoms with van der Waals surface area (Å²) in [6.07, 6.45) is -0.654. The molecule has 1 amide bonds. The van der Waals surface area contributed by atoms with E-state index in [0.717, 1.165) is 5.56 Å². The van der Waals surface area contributed by atoms with Crippen molar-refractivity contribution >= 4 is 18.0 Å². The molecular formula is C26H33NO6. The Labute approximate surface area is 195 Å². The molecule has 0 fully saturated rings. The van der Waals surface area contributed by atoms with E-state index in [9.17, 15) is 14.4 Å². The van der Waals surface area contributed by atoms with E-state index in [0.29, 0.717) is 5.56 Å². The zero-order valence-corrected chi connectivity index (χ0v) is 19.9. The van der Waals surface area contributed by atoms with Crippen molar-refractivity contribution in [2.75, 3.05) is 13.2 Å². The second-order valence-corrected chi connectivity index (χ2v) is 8.43. The molecule has 0 aliphatic carbocycles. The predicted octanol–water partition coefficient (Wildman–Crippen LogP) is 4.91. The first-order valence-corrected chi connectivity index (χ1v) is 11.1. The lowest BCUT2D eigenvalue weighted by atomic mass is 9.91. The Balaban J connectivity index is 2.66. The number of carbonyl (C=O) groups is 3. The monoisotopic (exact) mass is 455 g/mol. The van der Waals surface area contributed by atoms with E-state index in [4.69, 9.17) is 14.2 Å². The predicted molar refractivity (Wildman–Crippen MR) is 124 cm³/mol. The van der Waals surface area contributed by atoms with Crippen LogP contribution in [0.2, 0.25) is 0 Å². The summed E-state index contributed by atoms with van der Waals surface area (Å²) < 4.78 is 16.2. The molecule has 0 saturated carbocycles. The van der Waals surface area contributed by atoms with Crippen LogP contribution in [0.4, 0.5) is 4.79 Å². The van der Waals surface area contributed by atoms with Crippen LogP contribution in [0.3, 0.4) is 0 Å². The number of benzene rings is 2. The molecule has 0 bridgehead atoms. The number of hydrogen-bond acceptors (Lipinski definition) is 6. The van der Waals surface area contributed by atoms with Gasteiger partial charge in [-0.1, -0.05) is 60.7 Å². The quantitative estimate of drug-likeness (QED) is 0.304. The fraction of sp³-hybridized carbons (Fsp3) is 0.423. The number of hydrogen-bond donors (Lipinski definition) is 0. The fourth-order valence-electron chi connectivity index (χ4n) is 3.40. The molecule has 0 heterocycles. The standard InChI is InChI=1S/C26H33NO6/c1-6-31-23(28)21(24(29)32-7-2)22(20-16-12-9-13-17-20)27(25(30)33-26(3,4)5)18-19-14-10-8-11-15-19/h8-17,21-22H,6-7,18H2,1-5H3. The van der Waals surface area contributed by atoms with Crippen LogP contribution in [0.5, 0.6) is 0 Å². The summed E-state index contributed by atoms with van der Waals surface area (Å²) in [6.45, 7) is 8.89. The van der Waals surface area contributed by atoms with Crippen molar-refractivity contribution in [1.82, 2.24) is 4.90 Å². The molecule has 0 spiro atoms. The third-order valence-electron chi connectivity index (χ3n) is 4.70. The SMILES string of the molecule is CCOC(=O)C(C(=O)OCC)C(c1ccccc1)N(Cc1ccccc1)C(=O)OC(C)(C)C. The minimum atomic E-state index is -1.39. The van der Waals surface area contributed by atoms with Crippen LogP contribution in [0.1, 0.15) is 51.8 Å². The molecule has 178 valence electrons. The van der Waals surface area contributed by atoms with Gasteiger partial charge >= 0.3 is 18.0 Å². The van der Waals surface area contributed by atoms with Crippen molar-refractivity contribution in [3.8, 4) is 0 Å². The van der Waals surface area contributed by atoms with Gasteiger partial charge in [-0.05, 0) is 45.7 Å². The Kier molecular flexibility index (Phi) is 9.45.